The van der Waals surface area contributed by atoms with E-state index in [1.165, 1.54) is 25.7 Å². The summed E-state index contributed by atoms with van der Waals surface area (Å²) in [6.45, 7) is 5.57. The molecule has 0 aromatic carbocycles. The van der Waals surface area contributed by atoms with E-state index in [4.69, 9.17) is 4.74 Å². The van der Waals surface area contributed by atoms with E-state index < -0.39 is 0 Å². The Balaban J connectivity index is 2.21. The predicted octanol–water partition coefficient (Wildman–Crippen LogP) is 2.19. The molecule has 0 aliphatic carbocycles. The summed E-state index contributed by atoms with van der Waals surface area (Å²) in [5.74, 6) is 0.792. The Hall–Kier alpha value is -0.0800. The first-order valence-corrected chi connectivity index (χ1v) is 5.56. The maximum atomic E-state index is 5.81. The van der Waals surface area contributed by atoms with Gasteiger partial charge in [0.1, 0.15) is 0 Å². The molecule has 3 atom stereocenters. The van der Waals surface area contributed by atoms with Crippen molar-refractivity contribution in [1.29, 1.82) is 0 Å². The first-order valence-electron chi connectivity index (χ1n) is 5.56. The monoisotopic (exact) mass is 185 g/mol. The fourth-order valence-electron chi connectivity index (χ4n) is 2.11. The van der Waals surface area contributed by atoms with Crippen LogP contribution < -0.4 is 5.32 Å². The second-order valence-corrected chi connectivity index (χ2v) is 4.21. The molecule has 1 N–H and O–H groups in total. The SMILES string of the molecule is CCC(CNC)CC1CCC(C)O1. The molecule has 2 heteroatoms. The third-order valence-corrected chi connectivity index (χ3v) is 2.99. The Morgan fingerprint density at radius 2 is 2.23 bits per heavy atom. The average molecular weight is 185 g/mol. The van der Waals surface area contributed by atoms with Crippen molar-refractivity contribution in [3.63, 3.8) is 0 Å². The van der Waals surface area contributed by atoms with Gasteiger partial charge >= 0.3 is 0 Å². The Morgan fingerprint density at radius 1 is 1.46 bits per heavy atom. The van der Waals surface area contributed by atoms with Gasteiger partial charge in [0.05, 0.1) is 12.2 Å². The molecule has 1 saturated heterocycles. The second-order valence-electron chi connectivity index (χ2n) is 4.21. The van der Waals surface area contributed by atoms with Crippen molar-refractivity contribution in [2.45, 2.75) is 51.7 Å². The molecule has 0 aromatic rings. The van der Waals surface area contributed by atoms with E-state index in [2.05, 4.69) is 19.2 Å². The molecule has 0 radical (unpaired) electrons. The fourth-order valence-corrected chi connectivity index (χ4v) is 2.11. The van der Waals surface area contributed by atoms with Gasteiger partial charge in [0.15, 0.2) is 0 Å². The molecule has 1 fully saturated rings. The van der Waals surface area contributed by atoms with E-state index in [0.717, 1.165) is 12.5 Å². The lowest BCUT2D eigenvalue weighted by atomic mass is 9.97. The molecule has 2 nitrogen and oxygen atoms in total. The summed E-state index contributed by atoms with van der Waals surface area (Å²) in [6, 6.07) is 0. The molecule has 0 saturated carbocycles. The van der Waals surface area contributed by atoms with Crippen molar-refractivity contribution in [3.8, 4) is 0 Å². The highest BCUT2D eigenvalue weighted by molar-refractivity contribution is 4.74. The Labute approximate surface area is 82.0 Å². The van der Waals surface area contributed by atoms with Crippen LogP contribution in [0.1, 0.15) is 39.5 Å². The topological polar surface area (TPSA) is 21.3 Å². The average Bonchev–Trinajstić information content (AvgIpc) is 2.50. The standard InChI is InChI=1S/C11H23NO/c1-4-10(8-12-3)7-11-6-5-9(2)13-11/h9-12H,4-8H2,1-3H3. The van der Waals surface area contributed by atoms with E-state index in [-0.39, 0.29) is 0 Å². The molecule has 0 bridgehead atoms. The normalized spacial score (nSPS) is 30.7. The molecule has 1 aliphatic heterocycles. The molecule has 0 aromatic heterocycles. The maximum Gasteiger partial charge on any atom is 0.0582 e. The highest BCUT2D eigenvalue weighted by atomic mass is 16.5. The van der Waals surface area contributed by atoms with Crippen LogP contribution in [-0.2, 0) is 4.74 Å². The van der Waals surface area contributed by atoms with Gasteiger partial charge in [0.2, 0.25) is 0 Å². The van der Waals surface area contributed by atoms with Gasteiger partial charge in [-0.2, -0.15) is 0 Å². The quantitative estimate of drug-likeness (QED) is 0.709. The van der Waals surface area contributed by atoms with Crippen molar-refractivity contribution in [2.75, 3.05) is 13.6 Å². The van der Waals surface area contributed by atoms with Crippen molar-refractivity contribution >= 4 is 0 Å². The second kappa shape index (κ2) is 5.61. The smallest absolute Gasteiger partial charge is 0.0582 e. The van der Waals surface area contributed by atoms with Crippen LogP contribution in [0.5, 0.6) is 0 Å². The lowest BCUT2D eigenvalue weighted by Gasteiger charge is -2.18. The lowest BCUT2D eigenvalue weighted by Crippen LogP contribution is -2.23. The molecule has 1 aliphatic rings. The van der Waals surface area contributed by atoms with E-state index in [9.17, 15) is 0 Å². The Bertz CT molecular complexity index is 136. The van der Waals surface area contributed by atoms with Gasteiger partial charge < -0.3 is 10.1 Å². The van der Waals surface area contributed by atoms with Crippen molar-refractivity contribution in [1.82, 2.24) is 5.32 Å². The van der Waals surface area contributed by atoms with Gasteiger partial charge in [-0.1, -0.05) is 13.3 Å². The first kappa shape index (κ1) is 11.0. The van der Waals surface area contributed by atoms with Crippen molar-refractivity contribution < 1.29 is 4.74 Å². The zero-order valence-electron chi connectivity index (χ0n) is 9.18. The molecular formula is C11H23NO. The summed E-state index contributed by atoms with van der Waals surface area (Å²) in [6.07, 6.45) is 6.05. The lowest BCUT2D eigenvalue weighted by molar-refractivity contribution is 0.0406. The summed E-state index contributed by atoms with van der Waals surface area (Å²) in [5, 5.41) is 3.25. The van der Waals surface area contributed by atoms with Gasteiger partial charge in [0, 0.05) is 0 Å². The van der Waals surface area contributed by atoms with Crippen LogP contribution in [0.3, 0.4) is 0 Å². The summed E-state index contributed by atoms with van der Waals surface area (Å²) < 4.78 is 5.81. The highest BCUT2D eigenvalue weighted by Gasteiger charge is 2.23. The minimum Gasteiger partial charge on any atom is -0.375 e. The van der Waals surface area contributed by atoms with E-state index >= 15 is 0 Å². The number of hydrogen-bond donors (Lipinski definition) is 1. The summed E-state index contributed by atoms with van der Waals surface area (Å²) in [4.78, 5) is 0. The van der Waals surface area contributed by atoms with Crippen LogP contribution in [0.4, 0.5) is 0 Å². The van der Waals surface area contributed by atoms with Gasteiger partial charge in [0.25, 0.3) is 0 Å². The predicted molar refractivity (Wildman–Crippen MR) is 55.9 cm³/mol. The number of hydrogen-bond acceptors (Lipinski definition) is 2. The number of nitrogens with one attached hydrogen (secondary N) is 1. The summed E-state index contributed by atoms with van der Waals surface area (Å²) >= 11 is 0. The zero-order valence-corrected chi connectivity index (χ0v) is 9.18. The van der Waals surface area contributed by atoms with E-state index in [1.807, 2.05) is 7.05 Å². The van der Waals surface area contributed by atoms with E-state index in [1.54, 1.807) is 0 Å². The Kier molecular flexibility index (Phi) is 4.74. The highest BCUT2D eigenvalue weighted by Crippen LogP contribution is 2.25. The van der Waals surface area contributed by atoms with Gasteiger partial charge in [-0.3, -0.25) is 0 Å². The van der Waals surface area contributed by atoms with Crippen LogP contribution in [0, 0.1) is 5.92 Å². The third kappa shape index (κ3) is 3.65. The van der Waals surface area contributed by atoms with Crippen LogP contribution in [0.25, 0.3) is 0 Å². The van der Waals surface area contributed by atoms with Crippen molar-refractivity contribution in [2.24, 2.45) is 5.92 Å². The van der Waals surface area contributed by atoms with Crippen molar-refractivity contribution in [3.05, 3.63) is 0 Å². The van der Waals surface area contributed by atoms with E-state index in [0.29, 0.717) is 12.2 Å². The number of ether oxygens (including phenoxy) is 1. The first-order chi connectivity index (χ1) is 6.26. The summed E-state index contributed by atoms with van der Waals surface area (Å²) in [7, 11) is 2.03. The molecule has 1 rings (SSSR count). The Morgan fingerprint density at radius 3 is 2.69 bits per heavy atom. The minimum absolute atomic E-state index is 0.497. The number of rotatable bonds is 5. The molecular weight excluding hydrogens is 162 g/mol. The van der Waals surface area contributed by atoms with Gasteiger partial charge in [-0.15, -0.1) is 0 Å². The van der Waals surface area contributed by atoms with Gasteiger partial charge in [-0.25, -0.2) is 0 Å². The molecule has 1 heterocycles. The summed E-state index contributed by atoms with van der Waals surface area (Å²) in [5.41, 5.74) is 0. The maximum absolute atomic E-state index is 5.81. The molecule has 78 valence electrons. The van der Waals surface area contributed by atoms with Gasteiger partial charge in [-0.05, 0) is 45.7 Å². The third-order valence-electron chi connectivity index (χ3n) is 2.99. The fraction of sp³-hybridized carbons (Fsp3) is 1.00. The molecule has 0 spiro atoms. The van der Waals surface area contributed by atoms with Crippen LogP contribution in [-0.4, -0.2) is 25.8 Å². The molecule has 3 unspecified atom stereocenters. The molecule has 0 amide bonds. The zero-order chi connectivity index (χ0) is 9.68. The molecule has 13 heavy (non-hydrogen) atoms. The largest absolute Gasteiger partial charge is 0.375 e. The van der Waals surface area contributed by atoms with Crippen LogP contribution >= 0.6 is 0 Å². The van der Waals surface area contributed by atoms with Crippen LogP contribution in [0.15, 0.2) is 0 Å². The van der Waals surface area contributed by atoms with Crippen LogP contribution in [0.2, 0.25) is 0 Å². The minimum atomic E-state index is 0.497.